The molecule has 0 saturated heterocycles. The van der Waals surface area contributed by atoms with Crippen molar-refractivity contribution in [2.24, 2.45) is 11.3 Å². The van der Waals surface area contributed by atoms with Gasteiger partial charge in [0.15, 0.2) is 0 Å². The second-order valence-corrected chi connectivity index (χ2v) is 5.94. The molecule has 0 bridgehead atoms. The minimum absolute atomic E-state index is 0.231. The van der Waals surface area contributed by atoms with Gasteiger partial charge in [-0.1, -0.05) is 32.0 Å². The van der Waals surface area contributed by atoms with Gasteiger partial charge < -0.3 is 9.63 Å². The van der Waals surface area contributed by atoms with Crippen LogP contribution in [0.2, 0.25) is 0 Å². The first kappa shape index (κ1) is 13.7. The maximum atomic E-state index is 11.2. The molecule has 0 radical (unpaired) electrons. The largest absolute Gasteiger partial charge is 0.481 e. The number of carboxylic acid groups (broad SMARTS) is 1. The van der Waals surface area contributed by atoms with E-state index >= 15 is 0 Å². The van der Waals surface area contributed by atoms with Gasteiger partial charge in [0, 0.05) is 6.20 Å². The average molecular weight is 287 g/mol. The highest BCUT2D eigenvalue weighted by Gasteiger charge is 2.65. The quantitative estimate of drug-likeness (QED) is 0.929. The van der Waals surface area contributed by atoms with Gasteiger partial charge in [-0.2, -0.15) is 4.98 Å². The second-order valence-electron chi connectivity index (χ2n) is 5.94. The Bertz CT molecular complexity index is 693. The van der Waals surface area contributed by atoms with Crippen LogP contribution in [0, 0.1) is 11.3 Å². The fourth-order valence-electron chi connectivity index (χ4n) is 2.94. The van der Waals surface area contributed by atoms with E-state index in [2.05, 4.69) is 15.1 Å². The van der Waals surface area contributed by atoms with Gasteiger partial charge in [-0.15, -0.1) is 0 Å². The molecule has 1 N–H and O–H groups in total. The standard InChI is InChI=1S/C15H17N3O3/c1-4-8-6-5-7-16-11(8)12-17-13(21-18-12)9-10(14(19)20)15(9,2)3/h5-7,9-10H,4H2,1-3H3,(H,19,20). The number of aromatic nitrogens is 3. The lowest BCUT2D eigenvalue weighted by molar-refractivity contribution is -0.139. The number of carbonyl (C=O) groups is 1. The van der Waals surface area contributed by atoms with Gasteiger partial charge in [0.2, 0.25) is 11.7 Å². The molecular formula is C15H17N3O3. The Morgan fingerprint density at radius 3 is 2.86 bits per heavy atom. The van der Waals surface area contributed by atoms with Crippen LogP contribution in [-0.2, 0) is 11.2 Å². The van der Waals surface area contributed by atoms with Gasteiger partial charge in [0.05, 0.1) is 11.8 Å². The molecule has 3 rings (SSSR count). The van der Waals surface area contributed by atoms with Crippen LogP contribution in [0.4, 0.5) is 0 Å². The molecule has 1 saturated carbocycles. The first-order chi connectivity index (χ1) is 9.96. The monoisotopic (exact) mass is 287 g/mol. The van der Waals surface area contributed by atoms with E-state index in [1.807, 2.05) is 32.9 Å². The molecule has 110 valence electrons. The lowest BCUT2D eigenvalue weighted by Gasteiger charge is -2.00. The number of aliphatic carboxylic acids is 1. The van der Waals surface area contributed by atoms with Crippen LogP contribution < -0.4 is 0 Å². The predicted octanol–water partition coefficient (Wildman–Crippen LogP) is 2.52. The third kappa shape index (κ3) is 2.11. The van der Waals surface area contributed by atoms with E-state index in [1.54, 1.807) is 6.20 Å². The van der Waals surface area contributed by atoms with Crippen LogP contribution in [0.15, 0.2) is 22.9 Å². The summed E-state index contributed by atoms with van der Waals surface area (Å²) >= 11 is 0. The molecular weight excluding hydrogens is 270 g/mol. The molecule has 2 aromatic heterocycles. The van der Waals surface area contributed by atoms with Gasteiger partial charge in [-0.05, 0) is 23.5 Å². The molecule has 0 aromatic carbocycles. The summed E-state index contributed by atoms with van der Waals surface area (Å²) in [4.78, 5) is 19.9. The summed E-state index contributed by atoms with van der Waals surface area (Å²) in [6.45, 7) is 5.84. The van der Waals surface area contributed by atoms with Gasteiger partial charge in [-0.3, -0.25) is 9.78 Å². The van der Waals surface area contributed by atoms with E-state index in [4.69, 9.17) is 4.52 Å². The van der Waals surface area contributed by atoms with E-state index in [0.717, 1.165) is 12.0 Å². The zero-order chi connectivity index (χ0) is 15.2. The molecule has 1 aliphatic rings. The van der Waals surface area contributed by atoms with Crippen LogP contribution in [0.25, 0.3) is 11.5 Å². The molecule has 2 heterocycles. The molecule has 6 heteroatoms. The summed E-state index contributed by atoms with van der Waals surface area (Å²) in [5.74, 6) is -0.716. The molecule has 21 heavy (non-hydrogen) atoms. The van der Waals surface area contributed by atoms with E-state index in [0.29, 0.717) is 17.4 Å². The van der Waals surface area contributed by atoms with Gasteiger partial charge in [0.25, 0.3) is 0 Å². The van der Waals surface area contributed by atoms with Crippen molar-refractivity contribution in [1.29, 1.82) is 0 Å². The normalized spacial score (nSPS) is 23.0. The first-order valence-electron chi connectivity index (χ1n) is 6.97. The van der Waals surface area contributed by atoms with Gasteiger partial charge in [0.1, 0.15) is 5.69 Å². The summed E-state index contributed by atoms with van der Waals surface area (Å²) in [6.07, 6.45) is 2.51. The maximum absolute atomic E-state index is 11.2. The van der Waals surface area contributed by atoms with Crippen molar-refractivity contribution in [3.8, 4) is 11.5 Å². The molecule has 2 unspecified atom stereocenters. The second kappa shape index (κ2) is 4.65. The van der Waals surface area contributed by atoms with Crippen molar-refractivity contribution in [3.05, 3.63) is 29.8 Å². The van der Waals surface area contributed by atoms with E-state index in [1.165, 1.54) is 0 Å². The maximum Gasteiger partial charge on any atom is 0.307 e. The van der Waals surface area contributed by atoms with Crippen molar-refractivity contribution >= 4 is 5.97 Å². The summed E-state index contributed by atoms with van der Waals surface area (Å²) < 4.78 is 5.29. The highest BCUT2D eigenvalue weighted by atomic mass is 16.5. The molecule has 0 aliphatic heterocycles. The van der Waals surface area contributed by atoms with E-state index < -0.39 is 11.9 Å². The fourth-order valence-corrected chi connectivity index (χ4v) is 2.94. The summed E-state index contributed by atoms with van der Waals surface area (Å²) in [7, 11) is 0. The fraction of sp³-hybridized carbons (Fsp3) is 0.467. The van der Waals surface area contributed by atoms with Crippen molar-refractivity contribution in [2.75, 3.05) is 0 Å². The van der Waals surface area contributed by atoms with E-state index in [9.17, 15) is 9.90 Å². The predicted molar refractivity (Wildman–Crippen MR) is 74.6 cm³/mol. The van der Waals surface area contributed by atoms with E-state index in [-0.39, 0.29) is 11.3 Å². The number of hydrogen-bond acceptors (Lipinski definition) is 5. The Labute approximate surface area is 122 Å². The Kier molecular flexibility index (Phi) is 3.04. The molecule has 1 fully saturated rings. The molecule has 0 amide bonds. The van der Waals surface area contributed by atoms with Crippen LogP contribution in [-0.4, -0.2) is 26.2 Å². The Morgan fingerprint density at radius 1 is 1.48 bits per heavy atom. The lowest BCUT2D eigenvalue weighted by Crippen LogP contribution is -2.03. The average Bonchev–Trinajstić information content (AvgIpc) is 2.84. The van der Waals surface area contributed by atoms with Crippen molar-refractivity contribution in [2.45, 2.75) is 33.1 Å². The minimum atomic E-state index is -0.822. The highest BCUT2D eigenvalue weighted by Crippen LogP contribution is 2.64. The van der Waals surface area contributed by atoms with Gasteiger partial charge in [-0.25, -0.2) is 0 Å². The Hall–Kier alpha value is -2.24. The number of nitrogens with zero attached hydrogens (tertiary/aromatic N) is 3. The molecule has 6 nitrogen and oxygen atoms in total. The van der Waals surface area contributed by atoms with Crippen LogP contribution in [0.3, 0.4) is 0 Å². The summed E-state index contributed by atoms with van der Waals surface area (Å²) in [6, 6.07) is 3.84. The third-order valence-electron chi connectivity index (χ3n) is 4.29. The lowest BCUT2D eigenvalue weighted by atomic mass is 10.1. The number of aryl methyl sites for hydroxylation is 1. The number of hydrogen-bond donors (Lipinski definition) is 1. The minimum Gasteiger partial charge on any atom is -0.481 e. The first-order valence-corrected chi connectivity index (χ1v) is 6.97. The number of pyridine rings is 1. The third-order valence-corrected chi connectivity index (χ3v) is 4.29. The number of rotatable bonds is 4. The Morgan fingerprint density at radius 2 is 2.24 bits per heavy atom. The van der Waals surface area contributed by atoms with Crippen LogP contribution in [0.1, 0.15) is 38.1 Å². The summed E-state index contributed by atoms with van der Waals surface area (Å²) in [5.41, 5.74) is 1.38. The van der Waals surface area contributed by atoms with Crippen LogP contribution in [0.5, 0.6) is 0 Å². The molecule has 0 spiro atoms. The van der Waals surface area contributed by atoms with Crippen LogP contribution >= 0.6 is 0 Å². The number of carboxylic acids is 1. The Balaban J connectivity index is 1.93. The molecule has 2 atom stereocenters. The zero-order valence-corrected chi connectivity index (χ0v) is 12.2. The highest BCUT2D eigenvalue weighted by molar-refractivity contribution is 5.77. The van der Waals surface area contributed by atoms with Crippen molar-refractivity contribution in [1.82, 2.24) is 15.1 Å². The van der Waals surface area contributed by atoms with Gasteiger partial charge >= 0.3 is 5.97 Å². The smallest absolute Gasteiger partial charge is 0.307 e. The zero-order valence-electron chi connectivity index (χ0n) is 12.2. The van der Waals surface area contributed by atoms with Crippen molar-refractivity contribution < 1.29 is 14.4 Å². The molecule has 2 aromatic rings. The topological polar surface area (TPSA) is 89.1 Å². The molecule has 1 aliphatic carbocycles. The SMILES string of the molecule is CCc1cccnc1-c1noc(C2C(C(=O)O)C2(C)C)n1. The van der Waals surface area contributed by atoms with Crippen molar-refractivity contribution in [3.63, 3.8) is 0 Å². The summed E-state index contributed by atoms with van der Waals surface area (Å²) in [5, 5.41) is 13.2.